The average molecular weight is 521 g/mol. The molecule has 2 heterocycles. The Kier molecular flexibility index (Phi) is 5.20. The van der Waals surface area contributed by atoms with Gasteiger partial charge in [-0.25, -0.2) is 9.79 Å². The molecule has 0 saturated heterocycles. The van der Waals surface area contributed by atoms with Gasteiger partial charge in [-0.15, -0.1) is 0 Å². The molecule has 1 aliphatic rings. The minimum atomic E-state index is -0.676. The summed E-state index contributed by atoms with van der Waals surface area (Å²) in [5, 5.41) is 11.0. The summed E-state index contributed by atoms with van der Waals surface area (Å²) in [4.78, 5) is 26.7. The second-order valence-corrected chi connectivity index (χ2v) is 7.62. The summed E-state index contributed by atoms with van der Waals surface area (Å²) in [5.74, 6) is 0.366. The molecule has 0 fully saturated rings. The molecule has 0 unspecified atom stereocenters. The molecular formula is C20H10ClIN2O5. The van der Waals surface area contributed by atoms with E-state index in [0.717, 1.165) is 9.13 Å². The highest BCUT2D eigenvalue weighted by Gasteiger charge is 2.26. The number of aliphatic imine (C=N–C) groups is 1. The minimum Gasteiger partial charge on any atom is -0.457 e. The number of esters is 1. The Bertz CT molecular complexity index is 1200. The Hall–Kier alpha value is -2.98. The number of halogens is 2. The number of hydrogen-bond donors (Lipinski definition) is 0. The van der Waals surface area contributed by atoms with Gasteiger partial charge in [-0.3, -0.25) is 10.1 Å². The Morgan fingerprint density at radius 3 is 2.52 bits per heavy atom. The third kappa shape index (κ3) is 4.08. The molecule has 1 aliphatic heterocycles. The maximum absolute atomic E-state index is 12.2. The zero-order valence-electron chi connectivity index (χ0n) is 14.5. The van der Waals surface area contributed by atoms with Gasteiger partial charge in [0.2, 0.25) is 5.90 Å². The molecular weight excluding hydrogens is 511 g/mol. The minimum absolute atomic E-state index is 0.0156. The van der Waals surface area contributed by atoms with Crippen molar-refractivity contribution in [2.24, 2.45) is 4.99 Å². The molecule has 0 amide bonds. The highest BCUT2D eigenvalue weighted by molar-refractivity contribution is 14.1. The Morgan fingerprint density at radius 1 is 1.07 bits per heavy atom. The number of nitrogens with zero attached hydrogens (tertiary/aromatic N) is 2. The predicted octanol–water partition coefficient (Wildman–Crippen LogP) is 5.46. The van der Waals surface area contributed by atoms with E-state index < -0.39 is 10.9 Å². The van der Waals surface area contributed by atoms with Crippen LogP contribution in [0.25, 0.3) is 17.4 Å². The van der Waals surface area contributed by atoms with Gasteiger partial charge in [0.1, 0.15) is 16.5 Å². The molecule has 0 atom stereocenters. The summed E-state index contributed by atoms with van der Waals surface area (Å²) in [6, 6.07) is 15.4. The Labute approximate surface area is 182 Å². The van der Waals surface area contributed by atoms with Crippen LogP contribution in [0.5, 0.6) is 0 Å². The fourth-order valence-electron chi connectivity index (χ4n) is 2.65. The standard InChI is InChI=1S/C20H10ClIN2O5/c21-15-7-3-12(9-17(15)24(26)27)19-23-16(20(25)29-19)10-14-6-8-18(28-14)11-1-4-13(22)5-2-11/h1-10H. The fourth-order valence-corrected chi connectivity index (χ4v) is 3.20. The second-order valence-electron chi connectivity index (χ2n) is 5.97. The van der Waals surface area contributed by atoms with Crippen molar-refractivity contribution in [3.05, 3.63) is 90.3 Å². The molecule has 29 heavy (non-hydrogen) atoms. The lowest BCUT2D eigenvalue weighted by Gasteiger charge is -2.00. The molecule has 7 nitrogen and oxygen atoms in total. The summed E-state index contributed by atoms with van der Waals surface area (Å²) >= 11 is 8.03. The molecule has 1 aromatic heterocycles. The Balaban J connectivity index is 1.63. The van der Waals surface area contributed by atoms with E-state index in [2.05, 4.69) is 27.6 Å². The van der Waals surface area contributed by atoms with Crippen LogP contribution in [0.4, 0.5) is 5.69 Å². The van der Waals surface area contributed by atoms with Crippen LogP contribution in [0.1, 0.15) is 11.3 Å². The number of nitro benzene ring substituents is 1. The topological polar surface area (TPSA) is 94.9 Å². The molecule has 4 rings (SSSR count). The molecule has 0 bridgehead atoms. The van der Waals surface area contributed by atoms with Gasteiger partial charge in [-0.05, 0) is 59.0 Å². The van der Waals surface area contributed by atoms with Gasteiger partial charge in [0.15, 0.2) is 5.70 Å². The summed E-state index contributed by atoms with van der Waals surface area (Å²) in [6.07, 6.45) is 1.45. The van der Waals surface area contributed by atoms with Crippen molar-refractivity contribution in [2.75, 3.05) is 0 Å². The van der Waals surface area contributed by atoms with Crippen molar-refractivity contribution in [1.29, 1.82) is 0 Å². The number of cyclic esters (lactones) is 1. The van der Waals surface area contributed by atoms with Gasteiger partial charge >= 0.3 is 5.97 Å². The van der Waals surface area contributed by atoms with Gasteiger partial charge in [0.05, 0.1) is 4.92 Å². The van der Waals surface area contributed by atoms with Crippen molar-refractivity contribution >= 4 is 57.8 Å². The summed E-state index contributed by atoms with van der Waals surface area (Å²) in [5.41, 5.74) is 0.910. The van der Waals surface area contributed by atoms with Crippen LogP contribution in [-0.2, 0) is 9.53 Å². The van der Waals surface area contributed by atoms with E-state index in [1.807, 2.05) is 24.3 Å². The fraction of sp³-hybridized carbons (Fsp3) is 0. The monoisotopic (exact) mass is 520 g/mol. The summed E-state index contributed by atoms with van der Waals surface area (Å²) in [7, 11) is 0. The van der Waals surface area contributed by atoms with E-state index in [9.17, 15) is 14.9 Å². The maximum Gasteiger partial charge on any atom is 0.363 e. The first-order chi connectivity index (χ1) is 13.9. The molecule has 0 spiro atoms. The molecule has 0 aliphatic carbocycles. The average Bonchev–Trinajstić information content (AvgIpc) is 3.30. The number of furan rings is 1. The first kappa shape index (κ1) is 19.3. The molecule has 9 heteroatoms. The molecule has 144 valence electrons. The van der Waals surface area contributed by atoms with Crippen molar-refractivity contribution in [2.45, 2.75) is 0 Å². The lowest BCUT2D eigenvalue weighted by atomic mass is 10.2. The van der Waals surface area contributed by atoms with E-state index in [-0.39, 0.29) is 27.9 Å². The lowest BCUT2D eigenvalue weighted by Crippen LogP contribution is -2.06. The van der Waals surface area contributed by atoms with Crippen LogP contribution in [-0.4, -0.2) is 16.8 Å². The number of nitro groups is 1. The van der Waals surface area contributed by atoms with Crippen LogP contribution >= 0.6 is 34.2 Å². The summed E-state index contributed by atoms with van der Waals surface area (Å²) < 4.78 is 12.0. The third-order valence-electron chi connectivity index (χ3n) is 4.04. The van der Waals surface area contributed by atoms with Crippen molar-refractivity contribution < 1.29 is 18.9 Å². The number of rotatable bonds is 4. The maximum atomic E-state index is 12.2. The largest absolute Gasteiger partial charge is 0.457 e. The van der Waals surface area contributed by atoms with E-state index in [1.54, 1.807) is 12.1 Å². The van der Waals surface area contributed by atoms with Crippen LogP contribution in [0.2, 0.25) is 5.02 Å². The molecule has 0 radical (unpaired) electrons. The predicted molar refractivity (Wildman–Crippen MR) is 116 cm³/mol. The van der Waals surface area contributed by atoms with Crippen LogP contribution in [0, 0.1) is 13.7 Å². The highest BCUT2D eigenvalue weighted by Crippen LogP contribution is 2.28. The van der Waals surface area contributed by atoms with E-state index in [4.69, 9.17) is 20.8 Å². The van der Waals surface area contributed by atoms with Gasteiger partial charge in [0.25, 0.3) is 5.69 Å². The third-order valence-corrected chi connectivity index (χ3v) is 5.08. The number of benzene rings is 2. The number of ether oxygens (including phenoxy) is 1. The van der Waals surface area contributed by atoms with Crippen LogP contribution < -0.4 is 0 Å². The normalized spacial score (nSPS) is 14.8. The molecule has 2 aromatic carbocycles. The smallest absolute Gasteiger partial charge is 0.363 e. The van der Waals surface area contributed by atoms with E-state index in [1.165, 1.54) is 24.3 Å². The van der Waals surface area contributed by atoms with Crippen LogP contribution in [0.3, 0.4) is 0 Å². The number of hydrogen-bond acceptors (Lipinski definition) is 6. The molecule has 0 N–H and O–H groups in total. The van der Waals surface area contributed by atoms with Crippen molar-refractivity contribution in [3.8, 4) is 11.3 Å². The molecule has 0 saturated carbocycles. The zero-order chi connectivity index (χ0) is 20.5. The van der Waals surface area contributed by atoms with Gasteiger partial charge in [-0.1, -0.05) is 23.7 Å². The lowest BCUT2D eigenvalue weighted by molar-refractivity contribution is -0.384. The van der Waals surface area contributed by atoms with E-state index in [0.29, 0.717) is 11.5 Å². The van der Waals surface area contributed by atoms with Gasteiger partial charge in [0, 0.05) is 26.8 Å². The summed E-state index contributed by atoms with van der Waals surface area (Å²) in [6.45, 7) is 0. The number of carbonyl (C=O) groups excluding carboxylic acids is 1. The number of carbonyl (C=O) groups is 1. The SMILES string of the molecule is O=C1OC(c2ccc(Cl)c([N+](=O)[O-])c2)=NC1=Cc1ccc(-c2ccc(I)cc2)o1. The first-order valence-electron chi connectivity index (χ1n) is 8.23. The van der Waals surface area contributed by atoms with E-state index >= 15 is 0 Å². The van der Waals surface area contributed by atoms with Gasteiger partial charge < -0.3 is 9.15 Å². The van der Waals surface area contributed by atoms with Crippen molar-refractivity contribution in [3.63, 3.8) is 0 Å². The quantitative estimate of drug-likeness (QED) is 0.150. The highest BCUT2D eigenvalue weighted by atomic mass is 127. The van der Waals surface area contributed by atoms with Crippen molar-refractivity contribution in [1.82, 2.24) is 0 Å². The zero-order valence-corrected chi connectivity index (χ0v) is 17.4. The Morgan fingerprint density at radius 2 is 1.79 bits per heavy atom. The van der Waals surface area contributed by atoms with Crippen LogP contribution in [0.15, 0.2) is 69.7 Å². The van der Waals surface area contributed by atoms with Gasteiger partial charge in [-0.2, -0.15) is 0 Å². The second kappa shape index (κ2) is 7.80. The first-order valence-corrected chi connectivity index (χ1v) is 9.69. The molecule has 3 aromatic rings.